The van der Waals surface area contributed by atoms with Gasteiger partial charge in [0.1, 0.15) is 12.4 Å². The van der Waals surface area contributed by atoms with Crippen LogP contribution in [0.4, 0.5) is 0 Å². The molecule has 1 saturated heterocycles. The first-order valence-corrected chi connectivity index (χ1v) is 11.9. The maximum absolute atomic E-state index is 13.0. The van der Waals surface area contributed by atoms with Crippen molar-refractivity contribution in [2.45, 2.75) is 31.7 Å². The molecule has 4 rings (SSSR count). The highest BCUT2D eigenvalue weighted by Gasteiger charge is 2.38. The summed E-state index contributed by atoms with van der Waals surface area (Å²) in [6.07, 6.45) is 5.26. The predicted octanol–water partition coefficient (Wildman–Crippen LogP) is 6.03. The van der Waals surface area contributed by atoms with Gasteiger partial charge in [0.25, 0.3) is 0 Å². The maximum atomic E-state index is 13.0. The van der Waals surface area contributed by atoms with Crippen LogP contribution in [0.15, 0.2) is 91.5 Å². The molecule has 2 atom stereocenters. The monoisotopic (exact) mass is 450 g/mol. The number of aryl methyl sites for hydroxylation is 1. The zero-order valence-electron chi connectivity index (χ0n) is 19.4. The Kier molecular flexibility index (Phi) is 7.78. The van der Waals surface area contributed by atoms with Gasteiger partial charge in [0.2, 0.25) is 5.91 Å². The van der Waals surface area contributed by atoms with E-state index in [0.29, 0.717) is 18.6 Å². The van der Waals surface area contributed by atoms with Gasteiger partial charge >= 0.3 is 0 Å². The van der Waals surface area contributed by atoms with E-state index in [0.717, 1.165) is 42.7 Å². The number of carbonyl (C=O) groups is 1. The third-order valence-corrected chi connectivity index (χ3v) is 6.43. The van der Waals surface area contributed by atoms with Crippen LogP contribution in [-0.4, -0.2) is 30.0 Å². The third kappa shape index (κ3) is 5.74. The molecule has 1 aliphatic rings. The third-order valence-electron chi connectivity index (χ3n) is 6.43. The van der Waals surface area contributed by atoms with Gasteiger partial charge in [0, 0.05) is 12.5 Å². The Bertz CT molecular complexity index is 1130. The lowest BCUT2D eigenvalue weighted by Crippen LogP contribution is -2.38. The molecule has 0 unspecified atom stereocenters. The summed E-state index contributed by atoms with van der Waals surface area (Å²) in [5.41, 5.74) is 4.08. The Hall–Kier alpha value is -3.84. The fourth-order valence-corrected chi connectivity index (χ4v) is 4.59. The summed E-state index contributed by atoms with van der Waals surface area (Å²) >= 11 is 0. The fraction of sp³-hybridized carbons (Fsp3) is 0.267. The van der Waals surface area contributed by atoms with Crippen LogP contribution in [0.1, 0.15) is 30.4 Å². The van der Waals surface area contributed by atoms with E-state index in [-0.39, 0.29) is 17.9 Å². The molecule has 0 saturated carbocycles. The summed E-state index contributed by atoms with van der Waals surface area (Å²) in [6, 6.07) is 28.1. The number of allylic oxidation sites excluding steroid dienone is 1. The summed E-state index contributed by atoms with van der Waals surface area (Å²) in [6.45, 7) is 5.06. The second-order valence-electron chi connectivity index (χ2n) is 8.76. The van der Waals surface area contributed by atoms with Gasteiger partial charge in [-0.1, -0.05) is 60.7 Å². The number of nitriles is 1. The Balaban J connectivity index is 1.36. The molecule has 1 amide bonds. The number of amides is 1. The van der Waals surface area contributed by atoms with Crippen molar-refractivity contribution < 1.29 is 9.53 Å². The molecular formula is C30H30N2O2. The van der Waals surface area contributed by atoms with Crippen molar-refractivity contribution in [2.75, 3.05) is 13.2 Å². The fourth-order valence-electron chi connectivity index (χ4n) is 4.59. The molecule has 1 heterocycles. The Morgan fingerprint density at radius 1 is 1.00 bits per heavy atom. The lowest BCUT2D eigenvalue weighted by atomic mass is 10.0. The number of nitrogens with zero attached hydrogens (tertiary/aromatic N) is 2. The lowest BCUT2D eigenvalue weighted by Gasteiger charge is -2.25. The molecule has 4 nitrogen and oxygen atoms in total. The van der Waals surface area contributed by atoms with E-state index < -0.39 is 0 Å². The Morgan fingerprint density at radius 3 is 2.32 bits per heavy atom. The molecule has 4 heteroatoms. The number of ether oxygens (including phenoxy) is 1. The first kappa shape index (κ1) is 23.3. The summed E-state index contributed by atoms with van der Waals surface area (Å²) in [5.74, 6) is 1.01. The molecular weight excluding hydrogens is 420 g/mol. The van der Waals surface area contributed by atoms with Gasteiger partial charge < -0.3 is 9.64 Å². The Labute approximate surface area is 202 Å². The van der Waals surface area contributed by atoms with Crippen molar-refractivity contribution in [3.63, 3.8) is 0 Å². The summed E-state index contributed by atoms with van der Waals surface area (Å²) in [4.78, 5) is 15.0. The quantitative estimate of drug-likeness (QED) is 0.354. The van der Waals surface area contributed by atoms with E-state index in [1.165, 1.54) is 5.56 Å². The minimum absolute atomic E-state index is 0.00147. The minimum atomic E-state index is 0.00147. The van der Waals surface area contributed by atoms with Crippen LogP contribution >= 0.6 is 0 Å². The minimum Gasteiger partial charge on any atom is -0.491 e. The molecule has 172 valence electrons. The molecule has 3 aromatic rings. The van der Waals surface area contributed by atoms with Gasteiger partial charge in [-0.15, -0.1) is 6.58 Å². The zero-order valence-corrected chi connectivity index (χ0v) is 19.4. The van der Waals surface area contributed by atoms with Crippen molar-refractivity contribution >= 4 is 5.91 Å². The Morgan fingerprint density at radius 2 is 1.68 bits per heavy atom. The zero-order chi connectivity index (χ0) is 23.8. The van der Waals surface area contributed by atoms with Gasteiger partial charge in [-0.05, 0) is 66.6 Å². The largest absolute Gasteiger partial charge is 0.491 e. The molecule has 1 aliphatic heterocycles. The van der Waals surface area contributed by atoms with E-state index >= 15 is 0 Å². The molecule has 1 fully saturated rings. The molecule has 34 heavy (non-hydrogen) atoms. The molecule has 0 spiro atoms. The molecule has 0 bridgehead atoms. The average molecular weight is 451 g/mol. The maximum Gasteiger partial charge on any atom is 0.226 e. The number of rotatable bonds is 10. The van der Waals surface area contributed by atoms with Gasteiger partial charge in [-0.2, -0.15) is 5.26 Å². The predicted molar refractivity (Wildman–Crippen MR) is 135 cm³/mol. The number of carbonyl (C=O) groups excluding carboxylic acids is 1. The van der Waals surface area contributed by atoms with Crippen LogP contribution < -0.4 is 4.74 Å². The van der Waals surface area contributed by atoms with Crippen LogP contribution in [0, 0.1) is 17.2 Å². The highest BCUT2D eigenvalue weighted by atomic mass is 16.5. The highest BCUT2D eigenvalue weighted by Crippen LogP contribution is 2.29. The standard InChI is InChI=1S/C30H30N2O2/c1-2-7-27-20-28(32(30(27)33)19-6-10-23-8-4-3-5-9-23)22-34-29-17-15-26(16-18-29)25-13-11-24(21-31)12-14-25/h2-5,8-9,11-18,27-28H,1,6-7,10,19-20,22H2/t27-,28+/m1/s1. The molecule has 0 aromatic heterocycles. The van der Waals surface area contributed by atoms with Gasteiger partial charge in [-0.25, -0.2) is 0 Å². The van der Waals surface area contributed by atoms with E-state index in [4.69, 9.17) is 10.00 Å². The van der Waals surface area contributed by atoms with E-state index in [1.807, 2.05) is 65.6 Å². The van der Waals surface area contributed by atoms with Gasteiger partial charge in [0.15, 0.2) is 0 Å². The van der Waals surface area contributed by atoms with Crippen molar-refractivity contribution in [3.05, 3.63) is 103 Å². The number of hydrogen-bond acceptors (Lipinski definition) is 3. The second-order valence-corrected chi connectivity index (χ2v) is 8.76. The van der Waals surface area contributed by atoms with Gasteiger partial charge in [-0.3, -0.25) is 4.79 Å². The number of likely N-dealkylation sites (tertiary alicyclic amines) is 1. The SMILES string of the molecule is C=CC[C@@H]1C[C@@H](COc2ccc(-c3ccc(C#N)cc3)cc2)N(CCCc2ccccc2)C1=O. The second kappa shape index (κ2) is 11.3. The van der Waals surface area contributed by atoms with E-state index in [2.05, 4.69) is 36.9 Å². The van der Waals surface area contributed by atoms with Gasteiger partial charge in [0.05, 0.1) is 17.7 Å². The number of hydrogen-bond donors (Lipinski definition) is 0. The molecule has 0 N–H and O–H groups in total. The lowest BCUT2D eigenvalue weighted by molar-refractivity contribution is -0.132. The first-order chi connectivity index (χ1) is 16.7. The summed E-state index contributed by atoms with van der Waals surface area (Å²) in [7, 11) is 0. The van der Waals surface area contributed by atoms with Crippen molar-refractivity contribution in [1.82, 2.24) is 4.90 Å². The number of benzene rings is 3. The van der Waals surface area contributed by atoms with Crippen LogP contribution in [0.3, 0.4) is 0 Å². The van der Waals surface area contributed by atoms with Crippen molar-refractivity contribution in [2.24, 2.45) is 5.92 Å². The molecule has 3 aromatic carbocycles. The summed E-state index contributed by atoms with van der Waals surface area (Å²) in [5, 5.41) is 8.97. The smallest absolute Gasteiger partial charge is 0.226 e. The van der Waals surface area contributed by atoms with Crippen molar-refractivity contribution in [1.29, 1.82) is 5.26 Å². The normalized spacial score (nSPS) is 17.4. The average Bonchev–Trinajstić information content (AvgIpc) is 3.18. The van der Waals surface area contributed by atoms with Crippen LogP contribution in [0.5, 0.6) is 5.75 Å². The van der Waals surface area contributed by atoms with E-state index in [1.54, 1.807) is 0 Å². The van der Waals surface area contributed by atoms with Crippen LogP contribution in [0.25, 0.3) is 11.1 Å². The van der Waals surface area contributed by atoms with Crippen molar-refractivity contribution in [3.8, 4) is 22.9 Å². The van der Waals surface area contributed by atoms with Crippen LogP contribution in [-0.2, 0) is 11.2 Å². The molecule has 0 radical (unpaired) electrons. The highest BCUT2D eigenvalue weighted by molar-refractivity contribution is 5.81. The van der Waals surface area contributed by atoms with E-state index in [9.17, 15) is 4.79 Å². The first-order valence-electron chi connectivity index (χ1n) is 11.9. The topological polar surface area (TPSA) is 53.3 Å². The summed E-state index contributed by atoms with van der Waals surface area (Å²) < 4.78 is 6.12. The molecule has 0 aliphatic carbocycles. The van der Waals surface area contributed by atoms with Crippen LogP contribution in [0.2, 0.25) is 0 Å².